The lowest BCUT2D eigenvalue weighted by Gasteiger charge is -2.29. The molecule has 0 aliphatic heterocycles. The molecular weight excluding hydrogens is 291 g/mol. The van der Waals surface area contributed by atoms with Crippen molar-refractivity contribution in [3.05, 3.63) is 0 Å². The van der Waals surface area contributed by atoms with Gasteiger partial charge >= 0.3 is 6.18 Å². The van der Waals surface area contributed by atoms with Gasteiger partial charge in [0.05, 0.1) is 5.92 Å². The topological polar surface area (TPSA) is 29.1 Å². The zero-order valence-corrected chi connectivity index (χ0v) is 12.1. The fraction of sp³-hybridized carbons (Fsp3) is 0.929. The van der Waals surface area contributed by atoms with Crippen LogP contribution in [0.5, 0.6) is 0 Å². The van der Waals surface area contributed by atoms with Gasteiger partial charge in [-0.15, -0.1) is 11.6 Å². The first-order valence-corrected chi connectivity index (χ1v) is 7.80. The molecule has 0 heterocycles. The summed E-state index contributed by atoms with van der Waals surface area (Å²) in [7, 11) is 0. The van der Waals surface area contributed by atoms with Crippen LogP contribution in [0, 0.1) is 17.8 Å². The van der Waals surface area contributed by atoms with Crippen LogP contribution in [0.3, 0.4) is 0 Å². The van der Waals surface area contributed by atoms with Crippen LogP contribution >= 0.6 is 11.6 Å². The molecule has 2 aliphatic rings. The second-order valence-corrected chi connectivity index (χ2v) is 6.60. The van der Waals surface area contributed by atoms with E-state index in [1.807, 2.05) is 0 Å². The van der Waals surface area contributed by atoms with Gasteiger partial charge in [-0.3, -0.25) is 4.79 Å². The van der Waals surface area contributed by atoms with Gasteiger partial charge in [-0.2, -0.15) is 13.2 Å². The lowest BCUT2D eigenvalue weighted by atomic mass is 9.81. The van der Waals surface area contributed by atoms with Gasteiger partial charge in [-0.05, 0) is 44.4 Å². The molecule has 6 heteroatoms. The number of carbonyl (C=O) groups is 1. The summed E-state index contributed by atoms with van der Waals surface area (Å²) in [6, 6.07) is 0. The zero-order chi connectivity index (χ0) is 14.8. The fourth-order valence-electron chi connectivity index (χ4n) is 3.28. The number of hydrogen-bond acceptors (Lipinski definition) is 1. The monoisotopic (exact) mass is 311 g/mol. The van der Waals surface area contributed by atoms with E-state index in [2.05, 4.69) is 5.32 Å². The normalized spacial score (nSPS) is 35.0. The van der Waals surface area contributed by atoms with E-state index in [1.54, 1.807) is 0 Å². The molecule has 2 rings (SSSR count). The zero-order valence-electron chi connectivity index (χ0n) is 11.4. The first-order chi connectivity index (χ1) is 9.38. The van der Waals surface area contributed by atoms with Crippen molar-refractivity contribution in [1.29, 1.82) is 0 Å². The van der Waals surface area contributed by atoms with E-state index in [1.165, 1.54) is 0 Å². The van der Waals surface area contributed by atoms with Crippen molar-refractivity contribution in [3.63, 3.8) is 0 Å². The Hall–Kier alpha value is -0.450. The SMILES string of the molecule is O=C(NCC1CCCC1Cl)C1CCC(C(F)(F)F)CC1. The highest BCUT2D eigenvalue weighted by Crippen LogP contribution is 2.39. The Morgan fingerprint density at radius 3 is 2.25 bits per heavy atom. The molecule has 2 unspecified atom stereocenters. The molecule has 2 aliphatic carbocycles. The number of halogens is 4. The van der Waals surface area contributed by atoms with Gasteiger partial charge in [-0.25, -0.2) is 0 Å². The molecule has 116 valence electrons. The van der Waals surface area contributed by atoms with E-state index in [4.69, 9.17) is 11.6 Å². The highest BCUT2D eigenvalue weighted by atomic mass is 35.5. The summed E-state index contributed by atoms with van der Waals surface area (Å²) in [5.74, 6) is -1.27. The summed E-state index contributed by atoms with van der Waals surface area (Å²) < 4.78 is 37.6. The molecule has 0 spiro atoms. The van der Waals surface area contributed by atoms with E-state index in [0.29, 0.717) is 25.3 Å². The van der Waals surface area contributed by atoms with Crippen molar-refractivity contribution in [3.8, 4) is 0 Å². The maximum atomic E-state index is 12.5. The van der Waals surface area contributed by atoms with Crippen LogP contribution in [0.2, 0.25) is 0 Å². The van der Waals surface area contributed by atoms with E-state index >= 15 is 0 Å². The molecule has 20 heavy (non-hydrogen) atoms. The predicted molar refractivity (Wildman–Crippen MR) is 71.5 cm³/mol. The first kappa shape index (κ1) is 15.9. The minimum Gasteiger partial charge on any atom is -0.356 e. The molecular formula is C14H21ClF3NO. The molecule has 2 saturated carbocycles. The van der Waals surface area contributed by atoms with Crippen LogP contribution in [0.1, 0.15) is 44.9 Å². The van der Waals surface area contributed by atoms with Crippen molar-refractivity contribution in [1.82, 2.24) is 5.32 Å². The second kappa shape index (κ2) is 6.54. The molecule has 2 atom stereocenters. The number of hydrogen-bond donors (Lipinski definition) is 1. The highest BCUT2D eigenvalue weighted by Gasteiger charge is 2.42. The van der Waals surface area contributed by atoms with Crippen LogP contribution in [-0.4, -0.2) is 24.0 Å². The molecule has 0 saturated heterocycles. The fourth-order valence-corrected chi connectivity index (χ4v) is 3.65. The van der Waals surface area contributed by atoms with Gasteiger partial charge in [0.25, 0.3) is 0 Å². The first-order valence-electron chi connectivity index (χ1n) is 7.36. The van der Waals surface area contributed by atoms with Crippen molar-refractivity contribution in [2.24, 2.45) is 17.8 Å². The van der Waals surface area contributed by atoms with E-state index < -0.39 is 12.1 Å². The lowest BCUT2D eigenvalue weighted by molar-refractivity contribution is -0.184. The van der Waals surface area contributed by atoms with Crippen molar-refractivity contribution >= 4 is 17.5 Å². The van der Waals surface area contributed by atoms with Gasteiger partial charge in [0.1, 0.15) is 0 Å². The molecule has 1 amide bonds. The van der Waals surface area contributed by atoms with Crippen LogP contribution in [0.4, 0.5) is 13.2 Å². The molecule has 0 aromatic carbocycles. The van der Waals surface area contributed by atoms with Crippen molar-refractivity contribution in [2.45, 2.75) is 56.5 Å². The Balaban J connectivity index is 1.72. The Morgan fingerprint density at radius 1 is 1.10 bits per heavy atom. The number of carbonyl (C=O) groups excluding carboxylic acids is 1. The predicted octanol–water partition coefficient (Wildman–Crippen LogP) is 3.88. The van der Waals surface area contributed by atoms with Gasteiger partial charge in [0.15, 0.2) is 0 Å². The van der Waals surface area contributed by atoms with Crippen LogP contribution < -0.4 is 5.32 Å². The Morgan fingerprint density at radius 2 is 1.75 bits per heavy atom. The largest absolute Gasteiger partial charge is 0.391 e. The quantitative estimate of drug-likeness (QED) is 0.787. The Labute approximate surface area is 122 Å². The molecule has 0 bridgehead atoms. The minimum atomic E-state index is -4.11. The Kier molecular flexibility index (Phi) is 5.21. The van der Waals surface area contributed by atoms with E-state index in [0.717, 1.165) is 19.3 Å². The molecule has 1 N–H and O–H groups in total. The standard InChI is InChI=1S/C14H21ClF3NO/c15-12-3-1-2-10(12)8-19-13(20)9-4-6-11(7-5-9)14(16,17)18/h9-12H,1-8H2,(H,19,20). The third-order valence-corrected chi connectivity index (χ3v) is 5.24. The highest BCUT2D eigenvalue weighted by molar-refractivity contribution is 6.20. The summed E-state index contributed by atoms with van der Waals surface area (Å²) in [5, 5.41) is 3.00. The van der Waals surface area contributed by atoms with Crippen LogP contribution in [0.25, 0.3) is 0 Å². The average molecular weight is 312 g/mol. The number of amides is 1. The number of alkyl halides is 4. The maximum Gasteiger partial charge on any atom is 0.391 e. The number of rotatable bonds is 3. The number of nitrogens with one attached hydrogen (secondary N) is 1. The van der Waals surface area contributed by atoms with Gasteiger partial charge < -0.3 is 5.32 Å². The summed E-state index contributed by atoms with van der Waals surface area (Å²) in [4.78, 5) is 12.0. The smallest absolute Gasteiger partial charge is 0.356 e. The molecule has 2 fully saturated rings. The summed E-state index contributed by atoms with van der Waals surface area (Å²) in [5.41, 5.74) is 0. The maximum absolute atomic E-state index is 12.5. The minimum absolute atomic E-state index is 0.0726. The Bertz CT molecular complexity index is 340. The summed E-state index contributed by atoms with van der Waals surface area (Å²) >= 11 is 6.14. The van der Waals surface area contributed by atoms with Gasteiger partial charge in [0.2, 0.25) is 5.91 Å². The molecule has 2 nitrogen and oxygen atoms in total. The molecule has 0 radical (unpaired) electrons. The van der Waals surface area contributed by atoms with Gasteiger partial charge in [0, 0.05) is 17.8 Å². The van der Waals surface area contributed by atoms with Crippen molar-refractivity contribution < 1.29 is 18.0 Å². The van der Waals surface area contributed by atoms with Crippen LogP contribution in [-0.2, 0) is 4.79 Å². The summed E-state index contributed by atoms with van der Waals surface area (Å²) in [6.07, 6.45) is -0.196. The van der Waals surface area contributed by atoms with Crippen molar-refractivity contribution in [2.75, 3.05) is 6.54 Å². The molecule has 0 aromatic rings. The lowest BCUT2D eigenvalue weighted by Crippen LogP contribution is -2.38. The summed E-state index contributed by atoms with van der Waals surface area (Å²) in [6.45, 7) is 0.562. The average Bonchev–Trinajstić information content (AvgIpc) is 2.81. The van der Waals surface area contributed by atoms with E-state index in [-0.39, 0.29) is 30.0 Å². The third kappa shape index (κ3) is 4.03. The second-order valence-electron chi connectivity index (χ2n) is 6.04. The third-order valence-electron chi connectivity index (χ3n) is 4.67. The van der Waals surface area contributed by atoms with Crippen LogP contribution in [0.15, 0.2) is 0 Å². The van der Waals surface area contributed by atoms with Gasteiger partial charge in [-0.1, -0.05) is 6.42 Å². The molecule has 0 aromatic heterocycles. The van der Waals surface area contributed by atoms with E-state index in [9.17, 15) is 18.0 Å².